The van der Waals surface area contributed by atoms with Crippen molar-refractivity contribution in [2.75, 3.05) is 26.7 Å². The van der Waals surface area contributed by atoms with Crippen molar-refractivity contribution in [3.63, 3.8) is 0 Å². The molecule has 19 nitrogen and oxygen atoms in total. The third-order valence-electron chi connectivity index (χ3n) is 11.9. The maximum Gasteiger partial charge on any atom is 0.471 e. The summed E-state index contributed by atoms with van der Waals surface area (Å²) in [6.07, 6.45) is -3.49. The van der Waals surface area contributed by atoms with Crippen molar-refractivity contribution < 1.29 is 66.2 Å². The van der Waals surface area contributed by atoms with E-state index in [2.05, 4.69) is 31.9 Å². The molecule has 0 spiro atoms. The van der Waals surface area contributed by atoms with Crippen molar-refractivity contribution in [2.45, 2.75) is 95.9 Å². The van der Waals surface area contributed by atoms with Gasteiger partial charge in [0.25, 0.3) is 5.91 Å². The molecule has 3 unspecified atom stereocenters. The molecular formula is C53H60F3N7O12. The number of phenols is 1. The molecule has 1 aliphatic carbocycles. The smallest absolute Gasteiger partial charge is 0.471 e. The summed E-state index contributed by atoms with van der Waals surface area (Å²) < 4.78 is 43.8. The van der Waals surface area contributed by atoms with Gasteiger partial charge in [-0.15, -0.1) is 0 Å². The zero-order valence-electron chi connectivity index (χ0n) is 41.5. The first-order valence-corrected chi connectivity index (χ1v) is 24.3. The number of fused-ring (bicyclic) bond motifs is 2. The highest BCUT2D eigenvalue weighted by atomic mass is 19.4. The van der Waals surface area contributed by atoms with E-state index in [-0.39, 0.29) is 96.7 Å². The van der Waals surface area contributed by atoms with Gasteiger partial charge in [-0.05, 0) is 92.0 Å². The molecule has 0 bridgehead atoms. The minimum absolute atomic E-state index is 0.00719. The molecule has 0 saturated heterocycles. The van der Waals surface area contributed by atoms with Gasteiger partial charge in [0.2, 0.25) is 29.5 Å². The highest BCUT2D eigenvalue weighted by Crippen LogP contribution is 2.42. The Bertz CT molecular complexity index is 2890. The minimum atomic E-state index is -5.08. The Morgan fingerprint density at radius 2 is 1.37 bits per heavy atom. The molecule has 2 aliphatic rings. The second-order valence-electron chi connectivity index (χ2n) is 18.1. The SMILES string of the molecule is CNC(=O)C(Cc1ccccc1)NC(=O)C(CCCCNC(=O)C(F)(F)F)NC(=O)CNC(=O)C(CC(C)C)NC(=O)CCCCCNC(=O)c1ccc(-c2c3ccc(=O)cc-3oc3cc(O)ccc23)c(C(=O)O)c1. The highest BCUT2D eigenvalue weighted by Gasteiger charge is 2.38. The van der Waals surface area contributed by atoms with E-state index < -0.39 is 78.2 Å². The molecular weight excluding hydrogens is 984 g/mol. The lowest BCUT2D eigenvalue weighted by Gasteiger charge is -2.24. The number of benzene rings is 4. The largest absolute Gasteiger partial charge is 0.508 e. The first kappa shape index (κ1) is 57.6. The van der Waals surface area contributed by atoms with Crippen molar-refractivity contribution >= 4 is 58.3 Å². The van der Waals surface area contributed by atoms with Gasteiger partial charge >= 0.3 is 18.1 Å². The van der Waals surface area contributed by atoms with Crippen LogP contribution in [0.25, 0.3) is 33.4 Å². The predicted molar refractivity (Wildman–Crippen MR) is 269 cm³/mol. The number of carboxylic acid groups (broad SMARTS) is 1. The molecule has 3 atom stereocenters. The number of amides is 7. The van der Waals surface area contributed by atoms with Crippen LogP contribution in [-0.2, 0) is 35.2 Å². The molecule has 3 aromatic rings. The summed E-state index contributed by atoms with van der Waals surface area (Å²) in [5.41, 5.74) is 1.59. The minimum Gasteiger partial charge on any atom is -0.508 e. The van der Waals surface area contributed by atoms with Crippen LogP contribution in [0.5, 0.6) is 5.75 Å². The van der Waals surface area contributed by atoms with E-state index in [1.165, 1.54) is 55.6 Å². The first-order valence-electron chi connectivity index (χ1n) is 24.3. The maximum atomic E-state index is 13.6. The quantitative estimate of drug-likeness (QED) is 0.0269. The summed E-state index contributed by atoms with van der Waals surface area (Å²) in [5.74, 6) is -7.24. The Morgan fingerprint density at radius 3 is 2.07 bits per heavy atom. The zero-order valence-corrected chi connectivity index (χ0v) is 41.5. The molecule has 0 aromatic heterocycles. The van der Waals surface area contributed by atoms with Crippen LogP contribution in [0.1, 0.15) is 91.5 Å². The monoisotopic (exact) mass is 1040 g/mol. The van der Waals surface area contributed by atoms with Crippen LogP contribution in [0.15, 0.2) is 94.1 Å². The molecule has 0 radical (unpaired) electrons. The second-order valence-corrected chi connectivity index (χ2v) is 18.1. The molecule has 9 N–H and O–H groups in total. The van der Waals surface area contributed by atoms with Crippen molar-refractivity contribution in [2.24, 2.45) is 5.92 Å². The Balaban J connectivity index is 1.12. The third kappa shape index (κ3) is 17.1. The van der Waals surface area contributed by atoms with Crippen LogP contribution >= 0.6 is 0 Å². The number of carbonyl (C=O) groups excluding carboxylic acids is 7. The van der Waals surface area contributed by atoms with Gasteiger partial charge in [-0.1, -0.05) is 56.7 Å². The molecule has 0 fully saturated rings. The number of carbonyl (C=O) groups is 8. The van der Waals surface area contributed by atoms with Crippen molar-refractivity contribution in [3.05, 3.63) is 112 Å². The summed E-state index contributed by atoms with van der Waals surface area (Å²) in [7, 11) is 1.38. The van der Waals surface area contributed by atoms with Gasteiger partial charge in [0, 0.05) is 67.2 Å². The van der Waals surface area contributed by atoms with E-state index in [1.54, 1.807) is 41.7 Å². The van der Waals surface area contributed by atoms with E-state index in [9.17, 15) is 66.5 Å². The molecule has 400 valence electrons. The van der Waals surface area contributed by atoms with Crippen LogP contribution in [0.2, 0.25) is 0 Å². The number of rotatable bonds is 26. The predicted octanol–water partition coefficient (Wildman–Crippen LogP) is 4.71. The number of nitrogens with one attached hydrogen (secondary N) is 7. The van der Waals surface area contributed by atoms with Crippen molar-refractivity contribution in [1.82, 2.24) is 37.2 Å². The van der Waals surface area contributed by atoms with Crippen LogP contribution in [-0.4, -0.2) is 109 Å². The topological polar surface area (TPSA) is 291 Å². The summed E-state index contributed by atoms with van der Waals surface area (Å²) in [6, 6.07) is 18.0. The Hall–Kier alpha value is -8.30. The normalized spacial score (nSPS) is 12.5. The van der Waals surface area contributed by atoms with E-state index in [1.807, 2.05) is 13.8 Å². The highest BCUT2D eigenvalue weighted by molar-refractivity contribution is 6.09. The van der Waals surface area contributed by atoms with Gasteiger partial charge in [-0.25, -0.2) is 4.79 Å². The Kier molecular flexibility index (Phi) is 20.8. The van der Waals surface area contributed by atoms with Gasteiger partial charge in [0.1, 0.15) is 35.2 Å². The van der Waals surface area contributed by atoms with E-state index >= 15 is 0 Å². The number of carboxylic acids is 1. The lowest BCUT2D eigenvalue weighted by atomic mass is 9.90. The molecule has 0 saturated carbocycles. The summed E-state index contributed by atoms with van der Waals surface area (Å²) in [6.45, 7) is 2.85. The van der Waals surface area contributed by atoms with Crippen LogP contribution in [0, 0.1) is 5.92 Å². The molecule has 75 heavy (non-hydrogen) atoms. The van der Waals surface area contributed by atoms with Crippen LogP contribution < -0.4 is 42.6 Å². The Labute approximate surface area is 429 Å². The van der Waals surface area contributed by atoms with Gasteiger partial charge in [-0.3, -0.25) is 38.4 Å². The summed E-state index contributed by atoms with van der Waals surface area (Å²) >= 11 is 0. The number of unbranched alkanes of at least 4 members (excludes halogenated alkanes) is 3. The van der Waals surface area contributed by atoms with Gasteiger partial charge in [0.15, 0.2) is 5.43 Å². The number of alkyl halides is 3. The van der Waals surface area contributed by atoms with Gasteiger partial charge < -0.3 is 51.8 Å². The summed E-state index contributed by atoms with van der Waals surface area (Å²) in [4.78, 5) is 115. The fourth-order valence-electron chi connectivity index (χ4n) is 8.18. The standard InChI is InChI=1S/C53H60F3N7O12/c1-30(2)24-40(49(70)60-29-45(67)61-39(14-9-11-23-59-52(74)53(54,55)56)50(71)63-41(48(69)57-3)25-31-12-6-4-7-13-31)62-44(66)15-8-5-10-22-58-47(68)32-16-19-35(38(26-32)51(72)73)46-36-20-17-33(64)27-42(36)75-43-28-34(65)18-21-37(43)46/h4,6-7,12-13,16-21,26-28,30,39-41,64H,5,8-11,14-15,22-25,29H2,1-3H3,(H,57,69)(H,58,68)(H,59,74)(H,60,70)(H,61,67)(H,62,66)(H,63,71)(H,72,73). The molecule has 7 amide bonds. The zero-order chi connectivity index (χ0) is 54.8. The number of hydrogen-bond acceptors (Lipinski definition) is 11. The number of halogens is 3. The van der Waals surface area contributed by atoms with Gasteiger partial charge in [-0.2, -0.15) is 13.2 Å². The van der Waals surface area contributed by atoms with Crippen LogP contribution in [0.3, 0.4) is 0 Å². The first-order chi connectivity index (χ1) is 35.6. The third-order valence-corrected chi connectivity index (χ3v) is 11.9. The van der Waals surface area contributed by atoms with E-state index in [0.29, 0.717) is 35.8 Å². The molecule has 1 aliphatic heterocycles. The number of phenolic OH excluding ortho intramolecular Hbond substituents is 1. The fraction of sp³-hybridized carbons (Fsp3) is 0.377. The van der Waals surface area contributed by atoms with E-state index in [0.717, 1.165) is 5.56 Å². The molecule has 22 heteroatoms. The number of aromatic hydroxyl groups is 1. The molecule has 5 rings (SSSR count). The average Bonchev–Trinajstić information content (AvgIpc) is 3.36. The average molecular weight is 1040 g/mol. The Morgan fingerprint density at radius 1 is 0.680 bits per heavy atom. The van der Waals surface area contributed by atoms with E-state index in [4.69, 9.17) is 4.42 Å². The van der Waals surface area contributed by atoms with Crippen LogP contribution in [0.4, 0.5) is 13.2 Å². The summed E-state index contributed by atoms with van der Waals surface area (Å²) in [5, 5.41) is 38.1. The van der Waals surface area contributed by atoms with Crippen molar-refractivity contribution in [3.8, 4) is 28.2 Å². The number of aromatic carboxylic acids is 1. The number of likely N-dealkylation sites (N-methyl/N-ethyl adjacent to an activating group) is 1. The van der Waals surface area contributed by atoms with Crippen molar-refractivity contribution in [1.29, 1.82) is 0 Å². The molecule has 3 aromatic carbocycles. The fourth-order valence-corrected chi connectivity index (χ4v) is 8.18. The molecule has 1 heterocycles. The van der Waals surface area contributed by atoms with Gasteiger partial charge in [0.05, 0.1) is 12.1 Å². The second kappa shape index (κ2) is 27.1. The maximum absolute atomic E-state index is 13.6. The lowest BCUT2D eigenvalue weighted by molar-refractivity contribution is -0.173. The number of hydrogen-bond donors (Lipinski definition) is 9. The lowest BCUT2D eigenvalue weighted by Crippen LogP contribution is -2.55.